The number of aromatic nitrogens is 3. The summed E-state index contributed by atoms with van der Waals surface area (Å²) in [4.78, 5) is 12.2. The summed E-state index contributed by atoms with van der Waals surface area (Å²) < 4.78 is 7.25. The molecule has 0 aliphatic rings. The van der Waals surface area contributed by atoms with Gasteiger partial charge in [-0.05, 0) is 58.9 Å². The van der Waals surface area contributed by atoms with Crippen molar-refractivity contribution in [1.82, 2.24) is 20.3 Å². The summed E-state index contributed by atoms with van der Waals surface area (Å²) in [7, 11) is 0. The van der Waals surface area contributed by atoms with Crippen molar-refractivity contribution in [3.63, 3.8) is 0 Å². The molecule has 1 heterocycles. The molecule has 3 N–H and O–H groups in total. The Labute approximate surface area is 154 Å². The van der Waals surface area contributed by atoms with Crippen LogP contribution in [0.4, 0.5) is 0 Å². The number of benzene rings is 1. The molecule has 0 radical (unpaired) electrons. The lowest BCUT2D eigenvalue weighted by molar-refractivity contribution is 0.0940. The predicted molar refractivity (Wildman–Crippen MR) is 99.7 cm³/mol. The lowest BCUT2D eigenvalue weighted by atomic mass is 10.1. The normalized spacial score (nSPS) is 11.2. The summed E-state index contributed by atoms with van der Waals surface area (Å²) in [5.41, 5.74) is 7.17. The molecule has 1 aromatic carbocycles. The van der Waals surface area contributed by atoms with Gasteiger partial charge in [0.25, 0.3) is 5.91 Å². The Hall–Kier alpha value is -2.12. The minimum atomic E-state index is -0.480. The number of hydrogen-bond acceptors (Lipinski definition) is 5. The molecule has 0 saturated heterocycles. The van der Waals surface area contributed by atoms with Gasteiger partial charge in [0.05, 0.1) is 17.5 Å². The van der Waals surface area contributed by atoms with Gasteiger partial charge in [-0.15, -0.1) is 17.5 Å². The zero-order valence-corrected chi connectivity index (χ0v) is 16.1. The van der Waals surface area contributed by atoms with Crippen molar-refractivity contribution in [2.24, 2.45) is 5.73 Å². The van der Waals surface area contributed by atoms with Crippen molar-refractivity contribution in [1.29, 1.82) is 0 Å². The number of nitrogens with one attached hydrogen (secondary N) is 1. The third-order valence-electron chi connectivity index (χ3n) is 3.27. The number of nitrogens with zero attached hydrogens (tertiary/aromatic N) is 3. The minimum Gasteiger partial charge on any atom is -0.491 e. The molecular formula is C17H26ClN5O2. The van der Waals surface area contributed by atoms with Crippen molar-refractivity contribution in [2.45, 2.75) is 46.3 Å². The maximum Gasteiger partial charge on any atom is 0.273 e. The molecule has 1 aromatic heterocycles. The molecular weight excluding hydrogens is 342 g/mol. The summed E-state index contributed by atoms with van der Waals surface area (Å²) in [6.07, 6.45) is 0.117. The Morgan fingerprint density at radius 2 is 1.92 bits per heavy atom. The molecule has 0 aliphatic heterocycles. The number of rotatable bonds is 6. The van der Waals surface area contributed by atoms with E-state index in [2.05, 4.69) is 15.6 Å². The van der Waals surface area contributed by atoms with Crippen LogP contribution in [0.1, 0.15) is 43.9 Å². The predicted octanol–water partition coefficient (Wildman–Crippen LogP) is 2.25. The molecule has 2 rings (SSSR count). The molecule has 8 heteroatoms. The summed E-state index contributed by atoms with van der Waals surface area (Å²) >= 11 is 0. The van der Waals surface area contributed by atoms with E-state index in [-0.39, 0.29) is 24.4 Å². The first kappa shape index (κ1) is 20.9. The Morgan fingerprint density at radius 1 is 1.32 bits per heavy atom. The van der Waals surface area contributed by atoms with E-state index in [0.717, 1.165) is 11.4 Å². The van der Waals surface area contributed by atoms with Crippen LogP contribution in [0, 0.1) is 6.92 Å². The maximum atomic E-state index is 12.2. The lowest BCUT2D eigenvalue weighted by Crippen LogP contribution is -2.45. The monoisotopic (exact) mass is 367 g/mol. The summed E-state index contributed by atoms with van der Waals surface area (Å²) in [6.45, 7) is 9.81. The highest BCUT2D eigenvalue weighted by Crippen LogP contribution is 2.18. The Bertz CT molecular complexity index is 705. The molecule has 0 aliphatic carbocycles. The van der Waals surface area contributed by atoms with Crippen LogP contribution in [0.2, 0.25) is 0 Å². The van der Waals surface area contributed by atoms with Gasteiger partial charge in [0, 0.05) is 12.1 Å². The summed E-state index contributed by atoms with van der Waals surface area (Å²) in [6, 6.07) is 7.49. The highest BCUT2D eigenvalue weighted by atomic mass is 35.5. The second-order valence-electron chi connectivity index (χ2n) is 6.77. The molecule has 138 valence electrons. The van der Waals surface area contributed by atoms with E-state index in [0.29, 0.717) is 17.9 Å². The van der Waals surface area contributed by atoms with Crippen LogP contribution in [0.25, 0.3) is 5.69 Å². The van der Waals surface area contributed by atoms with Crippen LogP contribution in [-0.4, -0.2) is 39.1 Å². The van der Waals surface area contributed by atoms with Crippen molar-refractivity contribution >= 4 is 18.3 Å². The van der Waals surface area contributed by atoms with E-state index in [1.54, 1.807) is 11.6 Å². The molecule has 2 aromatic rings. The van der Waals surface area contributed by atoms with Crippen molar-refractivity contribution < 1.29 is 9.53 Å². The third-order valence-corrected chi connectivity index (χ3v) is 3.27. The number of hydrogen-bond donors (Lipinski definition) is 2. The van der Waals surface area contributed by atoms with Gasteiger partial charge in [0.2, 0.25) is 0 Å². The van der Waals surface area contributed by atoms with Crippen LogP contribution >= 0.6 is 12.4 Å². The summed E-state index contributed by atoms with van der Waals surface area (Å²) in [5.74, 6) is 0.506. The van der Waals surface area contributed by atoms with Crippen molar-refractivity contribution in [2.75, 3.05) is 6.54 Å². The molecule has 7 nitrogen and oxygen atoms in total. The number of carbonyl (C=O) groups excluding carboxylic acids is 1. The Morgan fingerprint density at radius 3 is 2.44 bits per heavy atom. The third kappa shape index (κ3) is 5.72. The molecule has 25 heavy (non-hydrogen) atoms. The van der Waals surface area contributed by atoms with Crippen LogP contribution in [-0.2, 0) is 0 Å². The quantitative estimate of drug-likeness (QED) is 0.816. The number of nitrogens with two attached hydrogens (primary N) is 1. The van der Waals surface area contributed by atoms with Gasteiger partial charge >= 0.3 is 0 Å². The maximum absolute atomic E-state index is 12.2. The minimum absolute atomic E-state index is 0. The highest BCUT2D eigenvalue weighted by Gasteiger charge is 2.19. The first-order chi connectivity index (χ1) is 11.2. The highest BCUT2D eigenvalue weighted by molar-refractivity contribution is 5.93. The Kier molecular flexibility index (Phi) is 6.96. The zero-order valence-electron chi connectivity index (χ0n) is 15.2. The fourth-order valence-electron chi connectivity index (χ4n) is 2.11. The van der Waals surface area contributed by atoms with Crippen LogP contribution in [0.15, 0.2) is 24.3 Å². The fraction of sp³-hybridized carbons (Fsp3) is 0.471. The van der Waals surface area contributed by atoms with Gasteiger partial charge in [-0.25, -0.2) is 4.68 Å². The molecule has 0 unspecified atom stereocenters. The molecule has 1 amide bonds. The average Bonchev–Trinajstić information content (AvgIpc) is 2.86. The van der Waals surface area contributed by atoms with Gasteiger partial charge < -0.3 is 15.8 Å². The van der Waals surface area contributed by atoms with Gasteiger partial charge in [0.15, 0.2) is 5.69 Å². The van der Waals surface area contributed by atoms with E-state index in [1.165, 1.54) is 0 Å². The van der Waals surface area contributed by atoms with Crippen LogP contribution in [0.3, 0.4) is 0 Å². The molecule has 0 saturated carbocycles. The SMILES string of the molecule is Cc1c(C(=O)NCC(C)(C)N)nnn1-c1ccc(OC(C)C)cc1.Cl. The van der Waals surface area contributed by atoms with E-state index >= 15 is 0 Å². The molecule has 0 atom stereocenters. The number of carbonyl (C=O) groups is 1. The van der Waals surface area contributed by atoms with Gasteiger partial charge in [-0.3, -0.25) is 4.79 Å². The van der Waals surface area contributed by atoms with Gasteiger partial charge in [-0.1, -0.05) is 5.21 Å². The van der Waals surface area contributed by atoms with E-state index in [4.69, 9.17) is 10.5 Å². The summed E-state index contributed by atoms with van der Waals surface area (Å²) in [5, 5.41) is 10.8. The standard InChI is InChI=1S/C17H25N5O2.ClH/c1-11(2)24-14-8-6-13(7-9-14)22-12(3)15(20-21-22)16(23)19-10-17(4,5)18;/h6-9,11H,10,18H2,1-5H3,(H,19,23);1H. The van der Waals surface area contributed by atoms with Crippen LogP contribution < -0.4 is 15.8 Å². The van der Waals surface area contributed by atoms with E-state index in [1.807, 2.05) is 52.0 Å². The Balaban J connectivity index is 0.00000312. The van der Waals surface area contributed by atoms with Gasteiger partial charge in [-0.2, -0.15) is 0 Å². The second-order valence-corrected chi connectivity index (χ2v) is 6.77. The van der Waals surface area contributed by atoms with Gasteiger partial charge in [0.1, 0.15) is 5.75 Å². The largest absolute Gasteiger partial charge is 0.491 e. The second kappa shape index (κ2) is 8.31. The molecule has 0 spiro atoms. The molecule has 0 fully saturated rings. The van der Waals surface area contributed by atoms with E-state index < -0.39 is 5.54 Å². The molecule has 0 bridgehead atoms. The number of halogens is 1. The van der Waals surface area contributed by atoms with Crippen LogP contribution in [0.5, 0.6) is 5.75 Å². The zero-order chi connectivity index (χ0) is 17.9. The first-order valence-corrected chi connectivity index (χ1v) is 7.94. The van der Waals surface area contributed by atoms with E-state index in [9.17, 15) is 4.79 Å². The lowest BCUT2D eigenvalue weighted by Gasteiger charge is -2.18. The topological polar surface area (TPSA) is 95.1 Å². The average molecular weight is 368 g/mol. The van der Waals surface area contributed by atoms with Crippen molar-refractivity contribution in [3.8, 4) is 11.4 Å². The number of ether oxygens (including phenoxy) is 1. The number of amides is 1. The fourth-order valence-corrected chi connectivity index (χ4v) is 2.11. The smallest absolute Gasteiger partial charge is 0.273 e. The first-order valence-electron chi connectivity index (χ1n) is 7.94. The van der Waals surface area contributed by atoms with Crippen molar-refractivity contribution in [3.05, 3.63) is 35.7 Å².